The number of nitrogens with two attached hydrogens (primary N) is 2. The number of hydrogen-bond donors (Lipinski definition) is 8. The van der Waals surface area contributed by atoms with Gasteiger partial charge in [-0.25, -0.2) is 48.2 Å². The number of benzene rings is 2. The maximum Gasteiger partial charge on any atom is 2.00 e. The Hall–Kier alpha value is -2.97. The first kappa shape index (κ1) is 43.2. The van der Waals surface area contributed by atoms with E-state index in [4.69, 9.17) is 59.2 Å². The van der Waals surface area contributed by atoms with Gasteiger partial charge in [0.25, 0.3) is 11.8 Å². The van der Waals surface area contributed by atoms with Gasteiger partial charge in [0.1, 0.15) is 0 Å². The van der Waals surface area contributed by atoms with Crippen LogP contribution in [0.1, 0.15) is 11.1 Å². The third-order valence-electron chi connectivity index (χ3n) is 5.12. The van der Waals surface area contributed by atoms with Gasteiger partial charge in [-0.3, -0.25) is 20.0 Å². The molecule has 0 aliphatic carbocycles. The molecule has 2 atom stereocenters. The van der Waals surface area contributed by atoms with E-state index in [1.807, 2.05) is 60.9 Å². The van der Waals surface area contributed by atoms with Gasteiger partial charge >= 0.3 is 16.8 Å². The maximum absolute atomic E-state index is 11.1. The summed E-state index contributed by atoms with van der Waals surface area (Å²) >= 11 is 0. The SMILES string of the molecule is N[C@H](Cc1c[nH]c2ccccc12)C(=O)NO.N[C@H](Cc1c[nH]c2ccccc12)C(=O)NO.O.[Co+2].[O-][Cl+3]([O-])([O-])[O-].[O-][Cl+3]([O-])([O-])[O-]. The topological polar surface area (TPSA) is 398 Å². The Morgan fingerprint density at radius 2 is 0.955 bits per heavy atom. The van der Waals surface area contributed by atoms with Gasteiger partial charge in [0.05, 0.1) is 12.1 Å². The number of hydroxylamine groups is 2. The molecule has 0 aliphatic heterocycles. The van der Waals surface area contributed by atoms with Gasteiger partial charge in [0.2, 0.25) is 0 Å². The summed E-state index contributed by atoms with van der Waals surface area (Å²) < 4.78 is 67.9. The van der Waals surface area contributed by atoms with Crippen molar-refractivity contribution in [1.29, 1.82) is 0 Å². The van der Waals surface area contributed by atoms with E-state index in [1.165, 1.54) is 0 Å². The van der Waals surface area contributed by atoms with Crippen molar-refractivity contribution >= 4 is 33.6 Å². The third kappa shape index (κ3) is 17.4. The number of aromatic nitrogens is 2. The number of aromatic amines is 2. The minimum atomic E-state index is -4.94. The summed E-state index contributed by atoms with van der Waals surface area (Å²) in [6.07, 6.45) is 4.43. The molecule has 0 saturated carbocycles. The molecule has 19 nitrogen and oxygen atoms in total. The fraction of sp³-hybridized carbons (Fsp3) is 0.182. The molecule has 22 heteroatoms. The van der Waals surface area contributed by atoms with Crippen molar-refractivity contribution in [2.75, 3.05) is 0 Å². The zero-order chi connectivity index (χ0) is 32.1. The first-order valence-electron chi connectivity index (χ1n) is 11.2. The van der Waals surface area contributed by atoms with Crippen LogP contribution in [0.15, 0.2) is 60.9 Å². The molecule has 0 unspecified atom stereocenters. The molecule has 44 heavy (non-hydrogen) atoms. The zero-order valence-electron chi connectivity index (χ0n) is 22.1. The normalized spacial score (nSPS) is 11.9. The van der Waals surface area contributed by atoms with Gasteiger partial charge in [-0.15, -0.1) is 20.5 Å². The number of carbonyl (C=O) groups excluding carboxylic acids is 2. The molecule has 12 N–H and O–H groups in total. The largest absolute Gasteiger partial charge is 2.00 e. The number of amides is 2. The molecule has 2 heterocycles. The van der Waals surface area contributed by atoms with Crippen molar-refractivity contribution in [3.8, 4) is 0 Å². The fourth-order valence-corrected chi connectivity index (χ4v) is 3.43. The van der Waals surface area contributed by atoms with Crippen LogP contribution in [-0.4, -0.2) is 49.8 Å². The summed E-state index contributed by atoms with van der Waals surface area (Å²) in [6, 6.07) is 14.1. The molecular weight excluding hydrogens is 686 g/mol. The van der Waals surface area contributed by atoms with Gasteiger partial charge in [0.15, 0.2) is 0 Å². The molecule has 0 aliphatic rings. The Kier molecular flexibility index (Phi) is 19.7. The number of fused-ring (bicyclic) bond motifs is 2. The molecule has 4 rings (SSSR count). The molecule has 0 bridgehead atoms. The van der Waals surface area contributed by atoms with E-state index in [0.717, 1.165) is 32.9 Å². The number of nitrogens with one attached hydrogen (secondary N) is 4. The van der Waals surface area contributed by atoms with Gasteiger partial charge in [-0.05, 0) is 36.1 Å². The second kappa shape index (κ2) is 20.1. The number of H-pyrrole nitrogens is 2. The summed E-state index contributed by atoms with van der Waals surface area (Å²) in [5.41, 5.74) is 18.3. The van der Waals surface area contributed by atoms with E-state index in [0.29, 0.717) is 12.8 Å². The summed E-state index contributed by atoms with van der Waals surface area (Å²) in [5.74, 6) is -1.16. The predicted molar refractivity (Wildman–Crippen MR) is 123 cm³/mol. The van der Waals surface area contributed by atoms with Crippen LogP contribution in [0.3, 0.4) is 0 Å². The Morgan fingerprint density at radius 3 is 1.23 bits per heavy atom. The smallest absolute Gasteiger partial charge is 0.412 e. The molecule has 247 valence electrons. The number of carbonyl (C=O) groups is 2. The predicted octanol–water partition coefficient (Wildman–Crippen LogP) is -9.25. The molecule has 2 amide bonds. The Bertz CT molecular complexity index is 1300. The number of hydrogen-bond acceptors (Lipinski definition) is 14. The van der Waals surface area contributed by atoms with Crippen LogP contribution in [0, 0.1) is 20.5 Å². The zero-order valence-corrected chi connectivity index (χ0v) is 24.6. The van der Waals surface area contributed by atoms with Gasteiger partial charge < -0.3 is 26.9 Å². The van der Waals surface area contributed by atoms with E-state index in [2.05, 4.69) is 9.97 Å². The summed E-state index contributed by atoms with van der Waals surface area (Å²) in [7, 11) is -9.89. The van der Waals surface area contributed by atoms with E-state index >= 15 is 0 Å². The molecule has 4 aromatic rings. The van der Waals surface area contributed by atoms with Crippen molar-refractivity contribution in [3.05, 3.63) is 72.1 Å². The molecule has 2 aromatic heterocycles. The van der Waals surface area contributed by atoms with E-state index < -0.39 is 44.4 Å². The van der Waals surface area contributed by atoms with E-state index in [9.17, 15) is 9.59 Å². The Balaban J connectivity index is 0. The van der Waals surface area contributed by atoms with Crippen molar-refractivity contribution in [1.82, 2.24) is 20.9 Å². The number of para-hydroxylation sites is 2. The molecule has 0 saturated heterocycles. The summed E-state index contributed by atoms with van der Waals surface area (Å²) in [6.45, 7) is 0. The van der Waals surface area contributed by atoms with Gasteiger partial charge in [0, 0.05) is 34.2 Å². The van der Waals surface area contributed by atoms with Crippen LogP contribution >= 0.6 is 0 Å². The quantitative estimate of drug-likeness (QED) is 0.0679. The molecule has 2 aromatic carbocycles. The van der Waals surface area contributed by atoms with Crippen LogP contribution in [0.5, 0.6) is 0 Å². The van der Waals surface area contributed by atoms with Crippen LogP contribution in [0.2, 0.25) is 0 Å². The molecular formula is C22H28Cl2CoN6O13. The second-order valence-corrected chi connectivity index (χ2v) is 9.56. The van der Waals surface area contributed by atoms with Crippen LogP contribution in [0.4, 0.5) is 0 Å². The van der Waals surface area contributed by atoms with Crippen LogP contribution in [0.25, 0.3) is 21.8 Å². The van der Waals surface area contributed by atoms with Crippen molar-refractivity contribution in [2.45, 2.75) is 24.9 Å². The average molecular weight is 714 g/mol. The minimum Gasteiger partial charge on any atom is -0.412 e. The fourth-order valence-electron chi connectivity index (χ4n) is 3.43. The molecule has 0 fully saturated rings. The van der Waals surface area contributed by atoms with Crippen LogP contribution < -0.4 is 59.7 Å². The van der Waals surface area contributed by atoms with E-state index in [-0.39, 0.29) is 22.3 Å². The summed E-state index contributed by atoms with van der Waals surface area (Å²) in [5, 5.41) is 19.0. The van der Waals surface area contributed by atoms with Gasteiger partial charge in [-0.1, -0.05) is 36.4 Å². The van der Waals surface area contributed by atoms with Crippen molar-refractivity contribution in [2.24, 2.45) is 11.5 Å². The van der Waals surface area contributed by atoms with Crippen LogP contribution in [-0.2, 0) is 39.2 Å². The minimum absolute atomic E-state index is 0. The number of rotatable bonds is 6. The van der Waals surface area contributed by atoms with Crippen molar-refractivity contribution in [3.63, 3.8) is 0 Å². The molecule has 1 radical (unpaired) electrons. The van der Waals surface area contributed by atoms with Gasteiger partial charge in [-0.2, -0.15) is 0 Å². The molecule has 0 spiro atoms. The Morgan fingerprint density at radius 1 is 0.682 bits per heavy atom. The van der Waals surface area contributed by atoms with E-state index in [1.54, 1.807) is 11.0 Å². The number of halogens is 2. The first-order valence-corrected chi connectivity index (χ1v) is 13.6. The first-order chi connectivity index (χ1) is 19.4. The monoisotopic (exact) mass is 713 g/mol. The second-order valence-electron chi connectivity index (χ2n) is 8.05. The summed E-state index contributed by atoms with van der Waals surface area (Å²) in [4.78, 5) is 28.4. The maximum atomic E-state index is 11.1. The Labute approximate surface area is 262 Å². The average Bonchev–Trinajstić information content (AvgIpc) is 3.50. The third-order valence-corrected chi connectivity index (χ3v) is 5.12. The van der Waals surface area contributed by atoms with Crippen molar-refractivity contribution < 1.29 is 100 Å². The standard InChI is InChI=1S/2C11H13N3O2.2ClHO4.Co.H2O/c2*12-9(11(15)14-16)5-7-6-13-10-4-2-1-3-8(7)10;2*2-1(3,4)5;;/h2*1-4,6,9,13,16H,5,12H2,(H,14,15);2*(H,2,3,4,5);;1H2/q;;;;+2;/p-2/t2*9-;;;;/m11..../s1.